The van der Waals surface area contributed by atoms with Crippen LogP contribution in [-0.4, -0.2) is 25.3 Å². The van der Waals surface area contributed by atoms with Crippen molar-refractivity contribution in [2.45, 2.75) is 59.3 Å². The molecular weight excluding hydrogens is 406 g/mol. The minimum absolute atomic E-state index is 0.0224. The highest BCUT2D eigenvalue weighted by Crippen LogP contribution is 2.53. The SMILES string of the molecule is COc1cc(C2C3=C(CC(C)(C)CC3=O)OC3=C2C(=O)CC(C)(C)C3)ccc1OCC#N. The molecule has 0 saturated heterocycles. The average Bonchev–Trinajstić information content (AvgIpc) is 2.68. The van der Waals surface area contributed by atoms with Crippen LogP contribution in [0.15, 0.2) is 40.9 Å². The van der Waals surface area contributed by atoms with Gasteiger partial charge in [-0.25, -0.2) is 0 Å². The van der Waals surface area contributed by atoms with E-state index in [1.54, 1.807) is 12.1 Å². The molecule has 6 nitrogen and oxygen atoms in total. The summed E-state index contributed by atoms with van der Waals surface area (Å²) in [6.07, 6.45) is 2.12. The Labute approximate surface area is 188 Å². The number of rotatable bonds is 4. The van der Waals surface area contributed by atoms with Gasteiger partial charge in [-0.05, 0) is 28.5 Å². The van der Waals surface area contributed by atoms with Gasteiger partial charge in [-0.2, -0.15) is 5.26 Å². The second kappa shape index (κ2) is 7.81. The number of ketones is 2. The van der Waals surface area contributed by atoms with E-state index in [1.165, 1.54) is 7.11 Å². The monoisotopic (exact) mass is 435 g/mol. The maximum absolute atomic E-state index is 13.3. The van der Waals surface area contributed by atoms with Crippen LogP contribution in [0.4, 0.5) is 0 Å². The Balaban J connectivity index is 1.88. The Kier molecular flexibility index (Phi) is 5.40. The smallest absolute Gasteiger partial charge is 0.174 e. The molecule has 1 heterocycles. The fraction of sp³-hybridized carbons (Fsp3) is 0.500. The van der Waals surface area contributed by atoms with Crippen LogP contribution in [0.3, 0.4) is 0 Å². The highest BCUT2D eigenvalue weighted by molar-refractivity contribution is 6.06. The number of benzene rings is 1. The van der Waals surface area contributed by atoms with Crippen molar-refractivity contribution in [1.82, 2.24) is 0 Å². The number of carbonyl (C=O) groups excluding carboxylic acids is 2. The largest absolute Gasteiger partial charge is 0.493 e. The van der Waals surface area contributed by atoms with Crippen molar-refractivity contribution in [2.75, 3.05) is 13.7 Å². The zero-order chi connectivity index (χ0) is 23.3. The molecule has 0 bridgehead atoms. The Morgan fingerprint density at radius 3 is 2.03 bits per heavy atom. The number of methoxy groups -OCH3 is 1. The van der Waals surface area contributed by atoms with E-state index < -0.39 is 5.92 Å². The van der Waals surface area contributed by atoms with E-state index in [0.29, 0.717) is 59.8 Å². The number of carbonyl (C=O) groups is 2. The molecule has 168 valence electrons. The molecule has 0 unspecified atom stereocenters. The van der Waals surface area contributed by atoms with E-state index in [-0.39, 0.29) is 29.0 Å². The van der Waals surface area contributed by atoms with Crippen molar-refractivity contribution in [3.05, 3.63) is 46.4 Å². The van der Waals surface area contributed by atoms with Gasteiger partial charge < -0.3 is 14.2 Å². The van der Waals surface area contributed by atoms with Gasteiger partial charge in [0, 0.05) is 42.7 Å². The van der Waals surface area contributed by atoms with Gasteiger partial charge in [0.2, 0.25) is 0 Å². The van der Waals surface area contributed by atoms with Crippen LogP contribution in [0.25, 0.3) is 0 Å². The molecule has 6 heteroatoms. The van der Waals surface area contributed by atoms with Gasteiger partial charge in [0.05, 0.1) is 7.11 Å². The fourth-order valence-corrected chi connectivity index (χ4v) is 5.10. The van der Waals surface area contributed by atoms with Crippen LogP contribution in [0.5, 0.6) is 11.5 Å². The highest BCUT2D eigenvalue weighted by Gasteiger charge is 2.47. The van der Waals surface area contributed by atoms with Gasteiger partial charge in [0.1, 0.15) is 17.6 Å². The van der Waals surface area contributed by atoms with E-state index in [0.717, 1.165) is 5.56 Å². The van der Waals surface area contributed by atoms with E-state index in [4.69, 9.17) is 19.5 Å². The van der Waals surface area contributed by atoms with Crippen molar-refractivity contribution in [3.63, 3.8) is 0 Å². The lowest BCUT2D eigenvalue weighted by atomic mass is 9.65. The molecule has 0 aromatic heterocycles. The molecule has 1 aliphatic heterocycles. The maximum atomic E-state index is 13.3. The van der Waals surface area contributed by atoms with Crippen LogP contribution < -0.4 is 9.47 Å². The van der Waals surface area contributed by atoms with Gasteiger partial charge in [-0.15, -0.1) is 0 Å². The summed E-state index contributed by atoms with van der Waals surface area (Å²) < 4.78 is 17.3. The standard InChI is InChI=1S/C26H29NO5/c1-25(2)11-16(28)23-20(13-25)32-21-14-26(3,4)12-17(29)24(21)22(23)15-6-7-18(31-9-8-27)19(10-15)30-5/h6-7,10,22H,9,11-14H2,1-5H3. The van der Waals surface area contributed by atoms with Crippen molar-refractivity contribution < 1.29 is 23.8 Å². The first kappa shape index (κ1) is 22.1. The maximum Gasteiger partial charge on any atom is 0.174 e. The number of nitrogens with zero attached hydrogens (tertiary/aromatic N) is 1. The van der Waals surface area contributed by atoms with E-state index in [1.807, 2.05) is 12.1 Å². The summed E-state index contributed by atoms with van der Waals surface area (Å²) in [5.74, 6) is 1.83. The Bertz CT molecular complexity index is 1050. The normalized spacial score (nSPS) is 22.0. The minimum Gasteiger partial charge on any atom is -0.493 e. The summed E-state index contributed by atoms with van der Waals surface area (Å²) in [5, 5.41) is 8.83. The summed E-state index contributed by atoms with van der Waals surface area (Å²) in [6, 6.07) is 7.33. The molecule has 0 radical (unpaired) electrons. The number of nitriles is 1. The average molecular weight is 436 g/mol. The van der Waals surface area contributed by atoms with Crippen LogP contribution in [-0.2, 0) is 14.3 Å². The van der Waals surface area contributed by atoms with Crippen LogP contribution in [0.1, 0.15) is 64.9 Å². The molecule has 0 saturated carbocycles. The lowest BCUT2D eigenvalue weighted by Crippen LogP contribution is -2.37. The minimum atomic E-state index is -0.486. The van der Waals surface area contributed by atoms with Crippen molar-refractivity contribution >= 4 is 11.6 Å². The zero-order valence-corrected chi connectivity index (χ0v) is 19.3. The third kappa shape index (κ3) is 3.92. The molecule has 2 aliphatic carbocycles. The molecule has 1 aromatic carbocycles. The van der Waals surface area contributed by atoms with Gasteiger partial charge in [0.15, 0.2) is 29.7 Å². The molecule has 0 fully saturated rings. The van der Waals surface area contributed by atoms with E-state index in [9.17, 15) is 9.59 Å². The van der Waals surface area contributed by atoms with Crippen molar-refractivity contribution in [3.8, 4) is 17.6 Å². The Morgan fingerprint density at radius 2 is 1.53 bits per heavy atom. The van der Waals surface area contributed by atoms with Crippen molar-refractivity contribution in [1.29, 1.82) is 5.26 Å². The summed E-state index contributed by atoms with van der Waals surface area (Å²) in [5.41, 5.74) is 1.57. The summed E-state index contributed by atoms with van der Waals surface area (Å²) >= 11 is 0. The van der Waals surface area contributed by atoms with Gasteiger partial charge in [0.25, 0.3) is 0 Å². The molecule has 32 heavy (non-hydrogen) atoms. The second-order valence-corrected chi connectivity index (χ2v) is 10.4. The number of allylic oxidation sites excluding steroid dienone is 4. The molecule has 0 N–H and O–H groups in total. The predicted octanol–water partition coefficient (Wildman–Crippen LogP) is 5.00. The van der Waals surface area contributed by atoms with Crippen LogP contribution in [0, 0.1) is 22.2 Å². The Hall–Kier alpha value is -3.07. The second-order valence-electron chi connectivity index (χ2n) is 10.4. The molecule has 0 amide bonds. The van der Waals surface area contributed by atoms with E-state index in [2.05, 4.69) is 27.7 Å². The third-order valence-electron chi connectivity index (χ3n) is 6.40. The van der Waals surface area contributed by atoms with Crippen LogP contribution >= 0.6 is 0 Å². The highest BCUT2D eigenvalue weighted by atomic mass is 16.5. The molecule has 3 aliphatic rings. The molecule has 4 rings (SSSR count). The molecule has 1 aromatic rings. The first-order chi connectivity index (χ1) is 15.0. The number of Topliss-reactive ketones (excluding diaryl/α,β-unsaturated/α-hetero) is 2. The van der Waals surface area contributed by atoms with E-state index >= 15 is 0 Å². The number of hydrogen-bond donors (Lipinski definition) is 0. The molecular formula is C26H29NO5. The summed E-state index contributed by atoms with van der Waals surface area (Å²) in [6.45, 7) is 8.17. The molecule has 0 atom stereocenters. The topological polar surface area (TPSA) is 85.6 Å². The number of hydrogen-bond acceptors (Lipinski definition) is 6. The van der Waals surface area contributed by atoms with Crippen molar-refractivity contribution in [2.24, 2.45) is 10.8 Å². The fourth-order valence-electron chi connectivity index (χ4n) is 5.10. The predicted molar refractivity (Wildman–Crippen MR) is 118 cm³/mol. The Morgan fingerprint density at radius 1 is 0.969 bits per heavy atom. The van der Waals surface area contributed by atoms with Gasteiger partial charge >= 0.3 is 0 Å². The van der Waals surface area contributed by atoms with Gasteiger partial charge in [-0.1, -0.05) is 33.8 Å². The number of ether oxygens (including phenoxy) is 3. The lowest BCUT2D eigenvalue weighted by Gasteiger charge is -2.42. The first-order valence-corrected chi connectivity index (χ1v) is 10.9. The van der Waals surface area contributed by atoms with Crippen LogP contribution in [0.2, 0.25) is 0 Å². The third-order valence-corrected chi connectivity index (χ3v) is 6.40. The summed E-state index contributed by atoms with van der Waals surface area (Å²) in [7, 11) is 1.53. The zero-order valence-electron chi connectivity index (χ0n) is 19.3. The molecule has 0 spiro atoms. The summed E-state index contributed by atoms with van der Waals surface area (Å²) in [4.78, 5) is 26.7. The first-order valence-electron chi connectivity index (χ1n) is 10.9. The van der Waals surface area contributed by atoms with Gasteiger partial charge in [-0.3, -0.25) is 9.59 Å². The lowest BCUT2D eigenvalue weighted by molar-refractivity contribution is -0.120. The quantitative estimate of drug-likeness (QED) is 0.662.